The maximum atomic E-state index is 11.7. The summed E-state index contributed by atoms with van der Waals surface area (Å²) in [5.74, 6) is -1.45. The van der Waals surface area contributed by atoms with E-state index >= 15 is 0 Å². The second-order valence-corrected chi connectivity index (χ2v) is 5.43. The van der Waals surface area contributed by atoms with E-state index in [-0.39, 0.29) is 24.5 Å². The molecule has 20 heavy (non-hydrogen) atoms. The molecule has 0 bridgehead atoms. The number of carboxylic acids is 1. The lowest BCUT2D eigenvalue weighted by Gasteiger charge is -2.24. The number of hydrogen-bond donors (Lipinski definition) is 3. The van der Waals surface area contributed by atoms with Crippen LogP contribution in [-0.2, 0) is 4.79 Å². The van der Waals surface area contributed by atoms with Gasteiger partial charge in [-0.3, -0.25) is 4.79 Å². The molecular formula is C14H29N3O3. The molecule has 6 nitrogen and oxygen atoms in total. The van der Waals surface area contributed by atoms with Crippen LogP contribution in [0.5, 0.6) is 0 Å². The fourth-order valence-electron chi connectivity index (χ4n) is 2.00. The van der Waals surface area contributed by atoms with E-state index in [0.29, 0.717) is 0 Å². The van der Waals surface area contributed by atoms with Gasteiger partial charge >= 0.3 is 12.0 Å². The standard InChI is InChI=1S/C14H29N3O3/c1-6-17(7-2)9-11(5)16-14(20)15-8-12(10(3)4)13(18)19/h10-12H,6-9H2,1-5H3,(H,18,19)(H2,15,16,20). The van der Waals surface area contributed by atoms with E-state index in [1.165, 1.54) is 0 Å². The molecule has 0 radical (unpaired) electrons. The zero-order valence-electron chi connectivity index (χ0n) is 13.3. The van der Waals surface area contributed by atoms with E-state index < -0.39 is 11.9 Å². The van der Waals surface area contributed by atoms with Gasteiger partial charge in [0.2, 0.25) is 0 Å². The van der Waals surface area contributed by atoms with Crippen LogP contribution in [0.25, 0.3) is 0 Å². The Morgan fingerprint density at radius 1 is 1.15 bits per heavy atom. The van der Waals surface area contributed by atoms with Crippen molar-refractivity contribution in [2.45, 2.75) is 40.7 Å². The van der Waals surface area contributed by atoms with Crippen LogP contribution in [0.1, 0.15) is 34.6 Å². The molecule has 0 spiro atoms. The Kier molecular flexibility index (Phi) is 8.96. The molecule has 0 fully saturated rings. The Morgan fingerprint density at radius 3 is 2.10 bits per heavy atom. The quantitative estimate of drug-likeness (QED) is 0.598. The van der Waals surface area contributed by atoms with E-state index in [4.69, 9.17) is 5.11 Å². The molecule has 0 aromatic heterocycles. The lowest BCUT2D eigenvalue weighted by Crippen LogP contribution is -2.48. The second-order valence-electron chi connectivity index (χ2n) is 5.43. The molecule has 0 heterocycles. The van der Waals surface area contributed by atoms with Crippen LogP contribution in [0.4, 0.5) is 4.79 Å². The molecule has 2 atom stereocenters. The molecule has 0 aromatic carbocycles. The summed E-state index contributed by atoms with van der Waals surface area (Å²) >= 11 is 0. The average Bonchev–Trinajstić information content (AvgIpc) is 2.35. The fourth-order valence-corrected chi connectivity index (χ4v) is 2.00. The smallest absolute Gasteiger partial charge is 0.315 e. The Morgan fingerprint density at radius 2 is 1.70 bits per heavy atom. The van der Waals surface area contributed by atoms with Crippen LogP contribution in [0.3, 0.4) is 0 Å². The topological polar surface area (TPSA) is 81.7 Å². The van der Waals surface area contributed by atoms with Gasteiger partial charge in [-0.2, -0.15) is 0 Å². The minimum absolute atomic E-state index is 0.0131. The molecule has 0 aliphatic carbocycles. The molecule has 6 heteroatoms. The van der Waals surface area contributed by atoms with Crippen molar-refractivity contribution in [3.63, 3.8) is 0 Å². The summed E-state index contributed by atoms with van der Waals surface area (Å²) in [6.07, 6.45) is 0. The first-order valence-corrected chi connectivity index (χ1v) is 7.31. The maximum Gasteiger partial charge on any atom is 0.315 e. The van der Waals surface area contributed by atoms with Crippen molar-refractivity contribution < 1.29 is 14.7 Å². The highest BCUT2D eigenvalue weighted by atomic mass is 16.4. The molecule has 2 unspecified atom stereocenters. The Labute approximate surface area is 121 Å². The number of nitrogens with one attached hydrogen (secondary N) is 2. The predicted molar refractivity (Wildman–Crippen MR) is 79.7 cm³/mol. The number of carbonyl (C=O) groups is 2. The molecule has 118 valence electrons. The van der Waals surface area contributed by atoms with E-state index in [1.807, 2.05) is 20.8 Å². The molecular weight excluding hydrogens is 258 g/mol. The average molecular weight is 287 g/mol. The van der Waals surface area contributed by atoms with Crippen molar-refractivity contribution in [2.75, 3.05) is 26.2 Å². The van der Waals surface area contributed by atoms with Gasteiger partial charge in [-0.15, -0.1) is 0 Å². The van der Waals surface area contributed by atoms with Crippen LogP contribution in [0, 0.1) is 11.8 Å². The van der Waals surface area contributed by atoms with Crippen molar-refractivity contribution in [2.24, 2.45) is 11.8 Å². The predicted octanol–water partition coefficient (Wildman–Crippen LogP) is 1.37. The second kappa shape index (κ2) is 9.58. The van der Waals surface area contributed by atoms with E-state index in [9.17, 15) is 9.59 Å². The Hall–Kier alpha value is -1.30. The van der Waals surface area contributed by atoms with Crippen molar-refractivity contribution in [3.05, 3.63) is 0 Å². The highest BCUT2D eigenvalue weighted by Crippen LogP contribution is 2.09. The number of likely N-dealkylation sites (N-methyl/N-ethyl adjacent to an activating group) is 1. The normalized spacial score (nSPS) is 14.2. The molecule has 0 aromatic rings. The zero-order chi connectivity index (χ0) is 15.7. The molecule has 0 saturated carbocycles. The number of rotatable bonds is 9. The van der Waals surface area contributed by atoms with Gasteiger partial charge in [-0.25, -0.2) is 4.79 Å². The summed E-state index contributed by atoms with van der Waals surface area (Å²) < 4.78 is 0. The number of amides is 2. The first kappa shape index (κ1) is 18.7. The summed E-state index contributed by atoms with van der Waals surface area (Å²) in [6.45, 7) is 12.6. The fraction of sp³-hybridized carbons (Fsp3) is 0.857. The van der Waals surface area contributed by atoms with Crippen molar-refractivity contribution in [1.82, 2.24) is 15.5 Å². The molecule has 0 saturated heterocycles. The van der Waals surface area contributed by atoms with Gasteiger partial charge in [0.25, 0.3) is 0 Å². The van der Waals surface area contributed by atoms with Crippen LogP contribution in [0.2, 0.25) is 0 Å². The SMILES string of the molecule is CCN(CC)CC(C)NC(=O)NCC(C(=O)O)C(C)C. The minimum Gasteiger partial charge on any atom is -0.481 e. The van der Waals surface area contributed by atoms with Gasteiger partial charge < -0.3 is 20.6 Å². The summed E-state index contributed by atoms with van der Waals surface area (Å²) in [6, 6.07) is -0.284. The van der Waals surface area contributed by atoms with Crippen LogP contribution < -0.4 is 10.6 Å². The Balaban J connectivity index is 4.13. The number of aliphatic carboxylic acids is 1. The third-order valence-corrected chi connectivity index (χ3v) is 3.41. The van der Waals surface area contributed by atoms with Gasteiger partial charge in [-0.05, 0) is 25.9 Å². The Bertz CT molecular complexity index is 304. The minimum atomic E-state index is -0.878. The molecule has 0 rings (SSSR count). The summed E-state index contributed by atoms with van der Waals surface area (Å²) in [4.78, 5) is 25.0. The largest absolute Gasteiger partial charge is 0.481 e. The highest BCUT2D eigenvalue weighted by Gasteiger charge is 2.22. The van der Waals surface area contributed by atoms with Gasteiger partial charge in [0, 0.05) is 19.1 Å². The number of carbonyl (C=O) groups excluding carboxylic acids is 1. The first-order chi connectivity index (χ1) is 9.31. The summed E-state index contributed by atoms with van der Waals surface area (Å²) in [7, 11) is 0. The zero-order valence-corrected chi connectivity index (χ0v) is 13.3. The van der Waals surface area contributed by atoms with Crippen molar-refractivity contribution >= 4 is 12.0 Å². The van der Waals surface area contributed by atoms with Gasteiger partial charge in [0.05, 0.1) is 5.92 Å². The monoisotopic (exact) mass is 287 g/mol. The third kappa shape index (κ3) is 7.33. The highest BCUT2D eigenvalue weighted by molar-refractivity contribution is 5.76. The van der Waals surface area contributed by atoms with Gasteiger partial charge in [0.15, 0.2) is 0 Å². The van der Waals surface area contributed by atoms with Crippen LogP contribution in [0.15, 0.2) is 0 Å². The van der Waals surface area contributed by atoms with E-state index in [2.05, 4.69) is 29.4 Å². The maximum absolute atomic E-state index is 11.7. The lowest BCUT2D eigenvalue weighted by atomic mass is 9.96. The van der Waals surface area contributed by atoms with E-state index in [0.717, 1.165) is 19.6 Å². The molecule has 0 aliphatic heterocycles. The van der Waals surface area contributed by atoms with Crippen molar-refractivity contribution in [3.8, 4) is 0 Å². The number of nitrogens with zero attached hydrogens (tertiary/aromatic N) is 1. The number of hydrogen-bond acceptors (Lipinski definition) is 3. The summed E-state index contributed by atoms with van der Waals surface area (Å²) in [5.41, 5.74) is 0. The molecule has 0 aliphatic rings. The molecule has 2 amide bonds. The van der Waals surface area contributed by atoms with Crippen molar-refractivity contribution in [1.29, 1.82) is 0 Å². The van der Waals surface area contributed by atoms with Gasteiger partial charge in [0.1, 0.15) is 0 Å². The lowest BCUT2D eigenvalue weighted by molar-refractivity contribution is -0.142. The number of urea groups is 1. The third-order valence-electron chi connectivity index (χ3n) is 3.41. The van der Waals surface area contributed by atoms with Crippen LogP contribution >= 0.6 is 0 Å². The number of carboxylic acid groups (broad SMARTS) is 1. The van der Waals surface area contributed by atoms with Gasteiger partial charge in [-0.1, -0.05) is 27.7 Å². The summed E-state index contributed by atoms with van der Waals surface area (Å²) in [5, 5.41) is 14.5. The van der Waals surface area contributed by atoms with Crippen LogP contribution in [-0.4, -0.2) is 54.2 Å². The molecule has 3 N–H and O–H groups in total. The first-order valence-electron chi connectivity index (χ1n) is 7.31. The van der Waals surface area contributed by atoms with E-state index in [1.54, 1.807) is 0 Å².